The molecule has 5 N–H and O–H groups in total. The van der Waals surface area contributed by atoms with E-state index in [0.717, 1.165) is 0 Å². The number of amides is 2. The third-order valence-corrected chi connectivity index (χ3v) is 4.02. The number of carbonyl (C=O) groups excluding carboxylic acids is 2. The third-order valence-electron chi connectivity index (χ3n) is 3.58. The number of amidine groups is 1. The van der Waals surface area contributed by atoms with Crippen LogP contribution in [0.15, 0.2) is 36.4 Å². The maximum Gasteiger partial charge on any atom is 0.257 e. The summed E-state index contributed by atoms with van der Waals surface area (Å²) in [5.74, 6) is -0.473. The van der Waals surface area contributed by atoms with Crippen LogP contribution in [0.1, 0.15) is 21.5 Å². The summed E-state index contributed by atoms with van der Waals surface area (Å²) in [6.45, 7) is -0.0765. The first kappa shape index (κ1) is 20.5. The fourth-order valence-corrected chi connectivity index (χ4v) is 2.71. The molecule has 0 heterocycles. The lowest BCUT2D eigenvalue weighted by Crippen LogP contribution is -2.26. The first-order valence-corrected chi connectivity index (χ1v) is 8.60. The predicted octanol–water partition coefficient (Wildman–Crippen LogP) is 2.33. The smallest absolute Gasteiger partial charge is 0.257 e. The normalized spacial score (nSPS) is 10.2. The van der Waals surface area contributed by atoms with Crippen LogP contribution in [0.5, 0.6) is 5.75 Å². The van der Waals surface area contributed by atoms with Gasteiger partial charge in [0.25, 0.3) is 11.8 Å². The highest BCUT2D eigenvalue weighted by Gasteiger charge is 2.12. The highest BCUT2D eigenvalue weighted by molar-refractivity contribution is 6.35. The van der Waals surface area contributed by atoms with Gasteiger partial charge in [0.05, 0.1) is 0 Å². The number of hydrogen-bond donors (Lipinski definition) is 4. The second-order valence-corrected chi connectivity index (χ2v) is 6.41. The minimum Gasteiger partial charge on any atom is -0.483 e. The predicted molar refractivity (Wildman–Crippen MR) is 105 cm³/mol. The van der Waals surface area contributed by atoms with Crippen molar-refractivity contribution < 1.29 is 14.3 Å². The topological polar surface area (TPSA) is 117 Å². The highest BCUT2D eigenvalue weighted by Crippen LogP contribution is 2.22. The fraction of sp³-hybridized carbons (Fsp3) is 0.167. The second-order valence-electron chi connectivity index (χ2n) is 5.54. The van der Waals surface area contributed by atoms with Gasteiger partial charge in [0.15, 0.2) is 6.61 Å². The van der Waals surface area contributed by atoms with Gasteiger partial charge in [0.1, 0.15) is 11.6 Å². The Bertz CT molecular complexity index is 867. The van der Waals surface area contributed by atoms with Crippen LogP contribution in [0.25, 0.3) is 0 Å². The van der Waals surface area contributed by atoms with Gasteiger partial charge in [-0.3, -0.25) is 15.0 Å². The maximum atomic E-state index is 12.3. The van der Waals surface area contributed by atoms with E-state index in [1.807, 2.05) is 0 Å². The average molecular weight is 409 g/mol. The molecule has 0 bridgehead atoms. The van der Waals surface area contributed by atoms with E-state index in [9.17, 15) is 9.59 Å². The van der Waals surface area contributed by atoms with Crippen LogP contribution in [0.2, 0.25) is 10.0 Å². The minimum atomic E-state index is -0.368. The fourth-order valence-electron chi connectivity index (χ4n) is 2.18. The molecule has 0 saturated heterocycles. The van der Waals surface area contributed by atoms with Crippen molar-refractivity contribution in [1.82, 2.24) is 10.6 Å². The Hall–Kier alpha value is -2.77. The molecular weight excluding hydrogens is 391 g/mol. The molecule has 2 rings (SSSR count). The zero-order chi connectivity index (χ0) is 20.0. The number of ether oxygens (including phenoxy) is 1. The average Bonchev–Trinajstić information content (AvgIpc) is 2.63. The molecule has 0 radical (unpaired) electrons. The number of nitrogen functional groups attached to an aromatic ring is 1. The molecule has 9 heteroatoms. The molecule has 0 aliphatic carbocycles. The summed E-state index contributed by atoms with van der Waals surface area (Å²) >= 11 is 11.8. The van der Waals surface area contributed by atoms with E-state index < -0.39 is 0 Å². The molecule has 0 unspecified atom stereocenters. The lowest BCUT2D eigenvalue weighted by Gasteiger charge is -2.13. The summed E-state index contributed by atoms with van der Waals surface area (Å²) in [5.41, 5.74) is 6.87. The third kappa shape index (κ3) is 5.87. The van der Waals surface area contributed by atoms with Crippen molar-refractivity contribution in [2.45, 2.75) is 6.54 Å². The summed E-state index contributed by atoms with van der Waals surface area (Å²) in [6, 6.07) is 9.39. The van der Waals surface area contributed by atoms with Crippen LogP contribution >= 0.6 is 23.2 Å². The van der Waals surface area contributed by atoms with Gasteiger partial charge < -0.3 is 21.1 Å². The molecule has 27 heavy (non-hydrogen) atoms. The van der Waals surface area contributed by atoms with Gasteiger partial charge in [-0.25, -0.2) is 0 Å². The molecule has 0 atom stereocenters. The van der Waals surface area contributed by atoms with Gasteiger partial charge in [-0.1, -0.05) is 35.3 Å². The van der Waals surface area contributed by atoms with Crippen molar-refractivity contribution in [2.75, 3.05) is 13.7 Å². The SMILES string of the molecule is CNC(=O)COc1cc(C(=N)N)ccc1CNC(=O)c1cc(Cl)cc(Cl)c1. The van der Waals surface area contributed by atoms with E-state index in [1.165, 1.54) is 25.2 Å². The largest absolute Gasteiger partial charge is 0.483 e. The second kappa shape index (κ2) is 9.25. The van der Waals surface area contributed by atoms with Gasteiger partial charge in [-0.15, -0.1) is 0 Å². The number of nitrogens with two attached hydrogens (primary N) is 1. The lowest BCUT2D eigenvalue weighted by molar-refractivity contribution is -0.122. The molecule has 0 spiro atoms. The van der Waals surface area contributed by atoms with Crippen LogP contribution < -0.4 is 21.1 Å². The molecule has 0 fully saturated rings. The zero-order valence-corrected chi connectivity index (χ0v) is 15.9. The van der Waals surface area contributed by atoms with E-state index >= 15 is 0 Å². The number of benzene rings is 2. The van der Waals surface area contributed by atoms with Crippen LogP contribution in [-0.2, 0) is 11.3 Å². The zero-order valence-electron chi connectivity index (χ0n) is 14.4. The van der Waals surface area contributed by atoms with Crippen molar-refractivity contribution >= 4 is 40.9 Å². The maximum absolute atomic E-state index is 12.3. The Kier molecular flexibility index (Phi) is 7.04. The van der Waals surface area contributed by atoms with Gasteiger partial charge in [0.2, 0.25) is 0 Å². The molecule has 7 nitrogen and oxygen atoms in total. The Morgan fingerprint density at radius 1 is 1.11 bits per heavy atom. The van der Waals surface area contributed by atoms with Gasteiger partial charge in [-0.05, 0) is 24.3 Å². The molecular formula is C18H18Cl2N4O3. The molecule has 2 amide bonds. The van der Waals surface area contributed by atoms with Gasteiger partial charge in [-0.2, -0.15) is 0 Å². The number of nitrogens with one attached hydrogen (secondary N) is 3. The van der Waals surface area contributed by atoms with Crippen molar-refractivity contribution in [3.05, 3.63) is 63.1 Å². The van der Waals surface area contributed by atoms with Crippen molar-refractivity contribution in [1.29, 1.82) is 5.41 Å². The van der Waals surface area contributed by atoms with Gasteiger partial charge in [0, 0.05) is 40.3 Å². The number of carbonyl (C=O) groups is 2. The van der Waals surface area contributed by atoms with E-state index in [-0.39, 0.29) is 30.8 Å². The lowest BCUT2D eigenvalue weighted by atomic mass is 10.1. The summed E-state index contributed by atoms with van der Waals surface area (Å²) in [6.07, 6.45) is 0. The van der Waals surface area contributed by atoms with Crippen LogP contribution in [0.3, 0.4) is 0 Å². The number of likely N-dealkylation sites (N-methyl/N-ethyl adjacent to an activating group) is 1. The van der Waals surface area contributed by atoms with E-state index in [2.05, 4.69) is 10.6 Å². The Morgan fingerprint density at radius 2 is 1.78 bits per heavy atom. The summed E-state index contributed by atoms with van der Waals surface area (Å²) in [4.78, 5) is 23.8. The molecule has 0 aromatic heterocycles. The Labute approximate surface area is 166 Å². The van der Waals surface area contributed by atoms with Crippen LogP contribution in [0, 0.1) is 5.41 Å². The molecule has 2 aromatic rings. The molecule has 0 saturated carbocycles. The quantitative estimate of drug-likeness (QED) is 0.415. The standard InChI is InChI=1S/C18H18Cl2N4O3/c1-23-16(25)9-27-15-6-10(17(21)22)2-3-11(15)8-24-18(26)12-4-13(19)7-14(20)5-12/h2-7H,8-9H2,1H3,(H3,21,22)(H,23,25)(H,24,26). The van der Waals surface area contributed by atoms with E-state index in [0.29, 0.717) is 32.5 Å². The van der Waals surface area contributed by atoms with Crippen LogP contribution in [0.4, 0.5) is 0 Å². The van der Waals surface area contributed by atoms with E-state index in [4.69, 9.17) is 39.1 Å². The summed E-state index contributed by atoms with van der Waals surface area (Å²) in [7, 11) is 1.49. The first-order chi connectivity index (χ1) is 12.8. The molecule has 0 aliphatic heterocycles. The first-order valence-electron chi connectivity index (χ1n) is 7.85. The Balaban J connectivity index is 2.17. The molecule has 142 valence electrons. The van der Waals surface area contributed by atoms with Gasteiger partial charge >= 0.3 is 0 Å². The molecule has 0 aliphatic rings. The number of hydrogen-bond acceptors (Lipinski definition) is 4. The van der Waals surface area contributed by atoms with E-state index in [1.54, 1.807) is 18.2 Å². The Morgan fingerprint density at radius 3 is 2.37 bits per heavy atom. The number of halogens is 2. The summed E-state index contributed by atoms with van der Waals surface area (Å²) < 4.78 is 5.50. The minimum absolute atomic E-state index is 0.129. The van der Waals surface area contributed by atoms with Crippen LogP contribution in [-0.4, -0.2) is 31.3 Å². The summed E-state index contributed by atoms with van der Waals surface area (Å²) in [5, 5.41) is 13.4. The monoisotopic (exact) mass is 408 g/mol. The van der Waals surface area contributed by atoms with Crippen molar-refractivity contribution in [2.24, 2.45) is 5.73 Å². The van der Waals surface area contributed by atoms with Crippen molar-refractivity contribution in [3.63, 3.8) is 0 Å². The number of rotatable bonds is 7. The molecule has 2 aromatic carbocycles. The van der Waals surface area contributed by atoms with Crippen molar-refractivity contribution in [3.8, 4) is 5.75 Å². The highest BCUT2D eigenvalue weighted by atomic mass is 35.5.